The number of ether oxygens (including phenoxy) is 1. The molecule has 1 aliphatic heterocycles. The van der Waals surface area contributed by atoms with Crippen molar-refractivity contribution in [2.24, 2.45) is 0 Å². The maximum Gasteiger partial charge on any atom is 0.142 e. The van der Waals surface area contributed by atoms with Crippen LogP contribution in [0.2, 0.25) is 10.0 Å². The maximum absolute atomic E-state index is 12.2. The molecule has 6 heteroatoms. The Morgan fingerprint density at radius 3 is 2.68 bits per heavy atom. The molecular weight excluding hydrogens is 305 g/mol. The summed E-state index contributed by atoms with van der Waals surface area (Å²) >= 11 is 11.0. The predicted octanol–water partition coefficient (Wildman–Crippen LogP) is 3.87. The van der Waals surface area contributed by atoms with Crippen molar-refractivity contribution in [2.45, 2.75) is 38.0 Å². The average molecular weight is 322 g/mol. The minimum absolute atomic E-state index is 0.0555. The van der Waals surface area contributed by atoms with Crippen molar-refractivity contribution >= 4 is 34.6 Å². The van der Waals surface area contributed by atoms with Gasteiger partial charge in [0.1, 0.15) is 10.5 Å². The first-order valence-electron chi connectivity index (χ1n) is 6.09. The molecule has 0 aromatic heterocycles. The van der Waals surface area contributed by atoms with Crippen LogP contribution in [-0.2, 0) is 11.4 Å². The standard InChI is InChI=1S/C13H17Cl2NO2S/c1-13(2,3)19(17)16-11-4-5-18-12-9(11)6-8(14)7-10(12)15/h6-7,11,16H,4-5H2,1-3H3/t11-,19?/m1/s1. The molecule has 1 unspecified atom stereocenters. The molecule has 1 aromatic rings. The van der Waals surface area contributed by atoms with E-state index in [1.807, 2.05) is 26.8 Å². The number of halogens is 2. The van der Waals surface area contributed by atoms with Gasteiger partial charge in [0, 0.05) is 28.4 Å². The van der Waals surface area contributed by atoms with Crippen LogP contribution >= 0.6 is 23.2 Å². The van der Waals surface area contributed by atoms with Crippen LogP contribution < -0.4 is 9.46 Å². The highest BCUT2D eigenvalue weighted by atomic mass is 35.5. The monoisotopic (exact) mass is 321 g/mol. The van der Waals surface area contributed by atoms with Gasteiger partial charge in [0.25, 0.3) is 0 Å². The van der Waals surface area contributed by atoms with Crippen LogP contribution in [0.4, 0.5) is 0 Å². The van der Waals surface area contributed by atoms with Crippen molar-refractivity contribution in [1.82, 2.24) is 4.72 Å². The lowest BCUT2D eigenvalue weighted by atomic mass is 10.0. The van der Waals surface area contributed by atoms with E-state index in [4.69, 9.17) is 27.9 Å². The number of benzene rings is 1. The molecule has 3 nitrogen and oxygen atoms in total. The van der Waals surface area contributed by atoms with E-state index in [1.165, 1.54) is 0 Å². The van der Waals surface area contributed by atoms with Gasteiger partial charge in [-0.3, -0.25) is 0 Å². The zero-order chi connectivity index (χ0) is 14.2. The van der Waals surface area contributed by atoms with E-state index in [0.717, 1.165) is 12.0 Å². The Labute approximate surface area is 126 Å². The molecule has 1 aromatic carbocycles. The van der Waals surface area contributed by atoms with Gasteiger partial charge in [-0.2, -0.15) is 0 Å². The molecule has 19 heavy (non-hydrogen) atoms. The summed E-state index contributed by atoms with van der Waals surface area (Å²) in [7, 11) is 0. The van der Waals surface area contributed by atoms with Crippen molar-refractivity contribution in [3.8, 4) is 5.75 Å². The van der Waals surface area contributed by atoms with Crippen molar-refractivity contribution in [3.63, 3.8) is 0 Å². The molecule has 0 radical (unpaired) electrons. The van der Waals surface area contributed by atoms with Crippen LogP contribution in [0.5, 0.6) is 5.75 Å². The zero-order valence-electron chi connectivity index (χ0n) is 11.1. The highest BCUT2D eigenvalue weighted by molar-refractivity contribution is 7.90. The van der Waals surface area contributed by atoms with Crippen LogP contribution in [0.25, 0.3) is 0 Å². The number of nitrogens with one attached hydrogen (secondary N) is 1. The molecule has 1 heterocycles. The van der Waals surface area contributed by atoms with E-state index < -0.39 is 11.4 Å². The van der Waals surface area contributed by atoms with Crippen molar-refractivity contribution in [2.75, 3.05) is 6.61 Å². The molecule has 0 spiro atoms. The summed E-state index contributed by atoms with van der Waals surface area (Å²) in [5, 5.41) is 1.05. The second-order valence-electron chi connectivity index (χ2n) is 5.49. The molecule has 0 bridgehead atoms. The van der Waals surface area contributed by atoms with Gasteiger partial charge in [0.2, 0.25) is 0 Å². The van der Waals surface area contributed by atoms with Crippen molar-refractivity contribution in [3.05, 3.63) is 27.7 Å². The van der Waals surface area contributed by atoms with E-state index in [0.29, 0.717) is 22.4 Å². The fourth-order valence-corrected chi connectivity index (χ4v) is 3.27. The molecule has 0 saturated carbocycles. The fourth-order valence-electron chi connectivity index (χ4n) is 1.85. The largest absolute Gasteiger partial charge is 0.598 e. The minimum Gasteiger partial charge on any atom is -0.598 e. The molecule has 0 fully saturated rings. The lowest BCUT2D eigenvalue weighted by Crippen LogP contribution is -2.42. The summed E-state index contributed by atoms with van der Waals surface area (Å²) in [6, 6.07) is 3.42. The van der Waals surface area contributed by atoms with Crippen molar-refractivity contribution in [1.29, 1.82) is 0 Å². The molecule has 1 aliphatic rings. The molecule has 0 aliphatic carbocycles. The van der Waals surface area contributed by atoms with Crippen LogP contribution in [0.1, 0.15) is 38.8 Å². The van der Waals surface area contributed by atoms with Gasteiger partial charge in [-0.25, -0.2) is 0 Å². The predicted molar refractivity (Wildman–Crippen MR) is 80.3 cm³/mol. The smallest absolute Gasteiger partial charge is 0.142 e. The molecule has 2 atom stereocenters. The Balaban J connectivity index is 2.27. The van der Waals surface area contributed by atoms with E-state index in [1.54, 1.807) is 6.07 Å². The first kappa shape index (κ1) is 15.3. The summed E-state index contributed by atoms with van der Waals surface area (Å²) in [5.74, 6) is 0.640. The second-order valence-corrected chi connectivity index (χ2v) is 8.34. The number of hydrogen-bond donors (Lipinski definition) is 1. The summed E-state index contributed by atoms with van der Waals surface area (Å²) in [5.41, 5.74) is 0.876. The zero-order valence-corrected chi connectivity index (χ0v) is 13.5. The quantitative estimate of drug-likeness (QED) is 0.841. The molecule has 0 amide bonds. The highest BCUT2D eigenvalue weighted by Gasteiger charge is 2.33. The third kappa shape index (κ3) is 3.50. The Hall–Kier alpha value is -0.130. The van der Waals surface area contributed by atoms with Gasteiger partial charge in [-0.1, -0.05) is 23.2 Å². The van der Waals surface area contributed by atoms with Crippen LogP contribution in [0.3, 0.4) is 0 Å². The van der Waals surface area contributed by atoms with Crippen LogP contribution in [0.15, 0.2) is 12.1 Å². The van der Waals surface area contributed by atoms with Gasteiger partial charge < -0.3 is 9.29 Å². The van der Waals surface area contributed by atoms with E-state index in [9.17, 15) is 4.55 Å². The molecule has 1 N–H and O–H groups in total. The highest BCUT2D eigenvalue weighted by Crippen LogP contribution is 2.40. The van der Waals surface area contributed by atoms with Gasteiger partial charge in [-0.05, 0) is 32.9 Å². The van der Waals surface area contributed by atoms with E-state index in [-0.39, 0.29) is 10.8 Å². The van der Waals surface area contributed by atoms with Crippen molar-refractivity contribution < 1.29 is 9.29 Å². The maximum atomic E-state index is 12.2. The molecular formula is C13H17Cl2NO2S. The molecule has 2 rings (SSSR count). The average Bonchev–Trinajstić information content (AvgIpc) is 2.28. The molecule has 106 valence electrons. The number of fused-ring (bicyclic) bond motifs is 1. The Morgan fingerprint density at radius 2 is 2.05 bits per heavy atom. The number of hydrogen-bond acceptors (Lipinski definition) is 3. The summed E-state index contributed by atoms with van der Waals surface area (Å²) < 4.78 is 20.6. The summed E-state index contributed by atoms with van der Waals surface area (Å²) in [6.45, 7) is 6.34. The van der Waals surface area contributed by atoms with Crippen LogP contribution in [-0.4, -0.2) is 15.9 Å². The number of rotatable bonds is 2. The molecule has 0 saturated heterocycles. The Kier molecular flexibility index (Phi) is 4.58. The van der Waals surface area contributed by atoms with Gasteiger partial charge in [0.05, 0.1) is 17.7 Å². The van der Waals surface area contributed by atoms with E-state index >= 15 is 0 Å². The lowest BCUT2D eigenvalue weighted by molar-refractivity contribution is 0.263. The summed E-state index contributed by atoms with van der Waals surface area (Å²) in [6.07, 6.45) is 0.742. The van der Waals surface area contributed by atoms with Gasteiger partial charge >= 0.3 is 0 Å². The Morgan fingerprint density at radius 1 is 1.37 bits per heavy atom. The normalized spacial score (nSPS) is 20.6. The van der Waals surface area contributed by atoms with E-state index in [2.05, 4.69) is 4.72 Å². The third-order valence-electron chi connectivity index (χ3n) is 2.87. The Bertz CT molecular complexity index is 476. The first-order valence-corrected chi connectivity index (χ1v) is 7.99. The SMILES string of the molecule is CC(C)(C)[S+]([O-])N[C@@H]1CCOc2c(Cl)cc(Cl)cc21. The minimum atomic E-state index is -1.15. The van der Waals surface area contributed by atoms with Gasteiger partial charge in [-0.15, -0.1) is 4.72 Å². The second kappa shape index (κ2) is 5.70. The topological polar surface area (TPSA) is 44.3 Å². The lowest BCUT2D eigenvalue weighted by Gasteiger charge is -2.31. The fraction of sp³-hybridized carbons (Fsp3) is 0.538. The third-order valence-corrected chi connectivity index (χ3v) is 4.98. The first-order chi connectivity index (χ1) is 8.79. The van der Waals surface area contributed by atoms with Gasteiger partial charge in [0.15, 0.2) is 0 Å². The summed E-state index contributed by atoms with van der Waals surface area (Å²) in [4.78, 5) is 0. The van der Waals surface area contributed by atoms with Crippen LogP contribution in [0, 0.1) is 0 Å².